The van der Waals surface area contributed by atoms with E-state index in [9.17, 15) is 15.0 Å². The highest BCUT2D eigenvalue weighted by molar-refractivity contribution is 5.76. The highest BCUT2D eigenvalue weighted by atomic mass is 16.6. The lowest BCUT2D eigenvalue weighted by molar-refractivity contribution is -0.124. The third kappa shape index (κ3) is 26.4. The minimum atomic E-state index is -0.910. The first-order chi connectivity index (χ1) is 18.2. The summed E-state index contributed by atoms with van der Waals surface area (Å²) in [6, 6.07) is -0.716. The molecular weight excluding hydrogens is 474 g/mol. The number of hydrogen-bond donors (Lipinski definition) is 3. The Balaban J connectivity index is 3.65. The monoisotopic (exact) mass is 531 g/mol. The molecule has 0 aromatic heterocycles. The van der Waals surface area contributed by atoms with Crippen LogP contribution in [0.2, 0.25) is 0 Å². The molecule has 37 heavy (non-hydrogen) atoms. The number of carbonyl (C=O) groups is 1. The largest absolute Gasteiger partial charge is 0.394 e. The van der Waals surface area contributed by atoms with Crippen LogP contribution >= 0.6 is 0 Å². The molecule has 0 heterocycles. The van der Waals surface area contributed by atoms with Crippen molar-refractivity contribution in [2.45, 2.75) is 109 Å². The molecule has 0 aliphatic carbocycles. The Kier molecular flexibility index (Phi) is 28.7. The van der Waals surface area contributed by atoms with E-state index >= 15 is 0 Å². The van der Waals surface area contributed by atoms with Crippen molar-refractivity contribution >= 4 is 5.91 Å². The van der Waals surface area contributed by atoms with Crippen LogP contribution < -0.4 is 5.32 Å². The maximum atomic E-state index is 12.1. The Hall–Kier alpha value is -1.03. The first kappa shape index (κ1) is 36.0. The van der Waals surface area contributed by atoms with E-state index in [-0.39, 0.29) is 25.5 Å². The predicted molar refractivity (Wildman–Crippen MR) is 149 cm³/mol. The lowest BCUT2D eigenvalue weighted by Gasteiger charge is -2.20. The molecule has 8 nitrogen and oxygen atoms in total. The first-order valence-electron chi connectivity index (χ1n) is 14.7. The highest BCUT2D eigenvalue weighted by Crippen LogP contribution is 2.12. The fraction of sp³-hybridized carbons (Fsp3) is 0.897. The maximum Gasteiger partial charge on any atom is 0.222 e. The van der Waals surface area contributed by atoms with Gasteiger partial charge in [0, 0.05) is 13.0 Å². The molecule has 0 aromatic carbocycles. The van der Waals surface area contributed by atoms with Crippen molar-refractivity contribution in [2.75, 3.05) is 59.5 Å². The van der Waals surface area contributed by atoms with E-state index in [2.05, 4.69) is 12.2 Å². The fourth-order valence-electron chi connectivity index (χ4n) is 3.78. The summed E-state index contributed by atoms with van der Waals surface area (Å²) in [7, 11) is 0. The van der Waals surface area contributed by atoms with E-state index in [0.29, 0.717) is 46.2 Å². The molecule has 1 amide bonds. The molecule has 0 saturated carbocycles. The standard InChI is InChI=1S/C29H57NO7/c1-3-5-6-7-8-9-10-11-12-13-14-15-16-17-28(32)27(26-31)30-29(33)18-19-35-22-23-37-25-24-36-21-20-34-4-2/h16-17,27-28,31-32H,3-15,18-26H2,1-2H3,(H,30,33)/b17-16+/t27-,28+/m0/s1. The van der Waals surface area contributed by atoms with Gasteiger partial charge in [-0.3, -0.25) is 4.79 Å². The van der Waals surface area contributed by atoms with Crippen molar-refractivity contribution in [1.29, 1.82) is 0 Å². The topological polar surface area (TPSA) is 106 Å². The molecule has 8 heteroatoms. The van der Waals surface area contributed by atoms with Crippen LogP contribution in [-0.2, 0) is 23.7 Å². The zero-order valence-corrected chi connectivity index (χ0v) is 23.8. The number of hydrogen-bond acceptors (Lipinski definition) is 7. The van der Waals surface area contributed by atoms with Crippen LogP contribution in [0.25, 0.3) is 0 Å². The van der Waals surface area contributed by atoms with Crippen LogP contribution in [0.15, 0.2) is 12.2 Å². The summed E-state index contributed by atoms with van der Waals surface area (Å²) in [5.41, 5.74) is 0. The van der Waals surface area contributed by atoms with Gasteiger partial charge in [-0.25, -0.2) is 0 Å². The molecule has 0 radical (unpaired) electrons. The molecule has 0 rings (SSSR count). The van der Waals surface area contributed by atoms with Crippen LogP contribution in [0, 0.1) is 0 Å². The molecule has 0 fully saturated rings. The van der Waals surface area contributed by atoms with Gasteiger partial charge in [-0.05, 0) is 19.8 Å². The minimum absolute atomic E-state index is 0.159. The van der Waals surface area contributed by atoms with Gasteiger partial charge in [0.25, 0.3) is 0 Å². The third-order valence-corrected chi connectivity index (χ3v) is 6.06. The van der Waals surface area contributed by atoms with Crippen molar-refractivity contribution in [2.24, 2.45) is 0 Å². The van der Waals surface area contributed by atoms with Gasteiger partial charge in [0.15, 0.2) is 0 Å². The quantitative estimate of drug-likeness (QED) is 0.0960. The van der Waals surface area contributed by atoms with E-state index in [1.54, 1.807) is 6.08 Å². The number of amides is 1. The van der Waals surface area contributed by atoms with E-state index < -0.39 is 12.1 Å². The van der Waals surface area contributed by atoms with E-state index in [0.717, 1.165) is 12.8 Å². The van der Waals surface area contributed by atoms with Gasteiger partial charge in [-0.2, -0.15) is 0 Å². The Morgan fingerprint density at radius 2 is 1.22 bits per heavy atom. The lowest BCUT2D eigenvalue weighted by atomic mass is 10.0. The second-order valence-corrected chi connectivity index (χ2v) is 9.38. The Bertz CT molecular complexity index is 505. The number of carbonyl (C=O) groups excluding carboxylic acids is 1. The van der Waals surface area contributed by atoms with Crippen LogP contribution in [0.5, 0.6) is 0 Å². The SMILES string of the molecule is CCCCCCCCCCCCC/C=C/[C@@H](O)[C@H](CO)NC(=O)CCOCCOCCOCCOCC. The Labute approximate surface area is 226 Å². The maximum absolute atomic E-state index is 12.1. The van der Waals surface area contributed by atoms with Gasteiger partial charge in [0.2, 0.25) is 5.91 Å². The fourth-order valence-corrected chi connectivity index (χ4v) is 3.78. The van der Waals surface area contributed by atoms with Crippen molar-refractivity contribution < 1.29 is 34.0 Å². The number of allylic oxidation sites excluding steroid dienone is 1. The second-order valence-electron chi connectivity index (χ2n) is 9.38. The minimum Gasteiger partial charge on any atom is -0.394 e. The summed E-state index contributed by atoms with van der Waals surface area (Å²) in [4.78, 5) is 12.1. The van der Waals surface area contributed by atoms with Gasteiger partial charge >= 0.3 is 0 Å². The Morgan fingerprint density at radius 3 is 1.73 bits per heavy atom. The van der Waals surface area contributed by atoms with Crippen molar-refractivity contribution in [1.82, 2.24) is 5.32 Å². The van der Waals surface area contributed by atoms with Crippen molar-refractivity contribution in [3.8, 4) is 0 Å². The predicted octanol–water partition coefficient (Wildman–Crippen LogP) is 4.56. The van der Waals surface area contributed by atoms with Crippen LogP contribution in [0.4, 0.5) is 0 Å². The van der Waals surface area contributed by atoms with Crippen LogP contribution in [-0.4, -0.2) is 87.7 Å². The molecule has 0 saturated heterocycles. The summed E-state index contributed by atoms with van der Waals surface area (Å²) in [5, 5.41) is 22.5. The van der Waals surface area contributed by atoms with Gasteiger partial charge in [-0.15, -0.1) is 0 Å². The molecule has 0 aliphatic heterocycles. The number of nitrogens with one attached hydrogen (secondary N) is 1. The first-order valence-corrected chi connectivity index (χ1v) is 14.7. The molecule has 0 spiro atoms. The summed E-state index contributed by atoms with van der Waals surface area (Å²) >= 11 is 0. The second kappa shape index (κ2) is 29.5. The van der Waals surface area contributed by atoms with E-state index in [1.165, 1.54) is 64.2 Å². The van der Waals surface area contributed by atoms with E-state index in [4.69, 9.17) is 18.9 Å². The molecular formula is C29H57NO7. The van der Waals surface area contributed by atoms with Crippen LogP contribution in [0.3, 0.4) is 0 Å². The number of rotatable bonds is 29. The summed E-state index contributed by atoms with van der Waals surface area (Å²) in [6.45, 7) is 7.77. The average Bonchev–Trinajstić information content (AvgIpc) is 2.90. The van der Waals surface area contributed by atoms with E-state index in [1.807, 2.05) is 13.0 Å². The summed E-state index contributed by atoms with van der Waals surface area (Å²) in [6.07, 6.45) is 18.1. The smallest absolute Gasteiger partial charge is 0.222 e. The Morgan fingerprint density at radius 1 is 0.730 bits per heavy atom. The molecule has 2 atom stereocenters. The lowest BCUT2D eigenvalue weighted by Crippen LogP contribution is -2.45. The van der Waals surface area contributed by atoms with Gasteiger partial charge in [0.05, 0.1) is 65.0 Å². The summed E-state index contributed by atoms with van der Waals surface area (Å²) in [5.74, 6) is -0.263. The molecule has 0 unspecified atom stereocenters. The number of unbranched alkanes of at least 4 members (excludes halogenated alkanes) is 11. The van der Waals surface area contributed by atoms with Crippen molar-refractivity contribution in [3.05, 3.63) is 12.2 Å². The zero-order valence-electron chi connectivity index (χ0n) is 23.8. The van der Waals surface area contributed by atoms with Gasteiger partial charge < -0.3 is 34.5 Å². The van der Waals surface area contributed by atoms with Crippen molar-refractivity contribution in [3.63, 3.8) is 0 Å². The van der Waals surface area contributed by atoms with Gasteiger partial charge in [-0.1, -0.05) is 83.3 Å². The normalized spacial score (nSPS) is 13.3. The molecule has 3 N–H and O–H groups in total. The number of ether oxygens (including phenoxy) is 4. The molecule has 0 aromatic rings. The van der Waals surface area contributed by atoms with Crippen LogP contribution in [0.1, 0.15) is 97.3 Å². The average molecular weight is 532 g/mol. The highest BCUT2D eigenvalue weighted by Gasteiger charge is 2.18. The third-order valence-electron chi connectivity index (χ3n) is 6.06. The summed E-state index contributed by atoms with van der Waals surface area (Å²) < 4.78 is 21.3. The van der Waals surface area contributed by atoms with Gasteiger partial charge in [0.1, 0.15) is 0 Å². The number of aliphatic hydroxyl groups excluding tert-OH is 2. The molecule has 0 bridgehead atoms. The zero-order chi connectivity index (χ0) is 27.2. The molecule has 0 aliphatic rings. The number of aliphatic hydroxyl groups is 2. The molecule has 220 valence electrons.